The van der Waals surface area contributed by atoms with Gasteiger partial charge in [-0.2, -0.15) is 0 Å². The lowest BCUT2D eigenvalue weighted by Gasteiger charge is -2.41. The number of rotatable bonds is 3. The Morgan fingerprint density at radius 1 is 1.24 bits per heavy atom. The molecule has 21 heavy (non-hydrogen) atoms. The van der Waals surface area contributed by atoms with Gasteiger partial charge in [-0.05, 0) is 43.4 Å². The van der Waals surface area contributed by atoms with E-state index >= 15 is 0 Å². The van der Waals surface area contributed by atoms with Crippen molar-refractivity contribution in [2.24, 2.45) is 5.92 Å². The number of carbonyl (C=O) groups excluding carboxylic acids is 2. The lowest BCUT2D eigenvalue weighted by atomic mass is 9.94. The Bertz CT molecular complexity index is 566. The Kier molecular flexibility index (Phi) is 4.35. The molecular formula is C17H24N2O2. The Hall–Kier alpha value is -1.84. The van der Waals surface area contributed by atoms with Crippen molar-refractivity contribution >= 4 is 17.5 Å². The van der Waals surface area contributed by atoms with Crippen LogP contribution >= 0.6 is 0 Å². The van der Waals surface area contributed by atoms with Gasteiger partial charge in [-0.15, -0.1) is 0 Å². The molecule has 0 aliphatic carbocycles. The number of carbonyl (C=O) groups is 2. The van der Waals surface area contributed by atoms with Crippen LogP contribution in [0.2, 0.25) is 0 Å². The van der Waals surface area contributed by atoms with Crippen LogP contribution in [0.15, 0.2) is 18.2 Å². The maximum Gasteiger partial charge on any atom is 0.250 e. The average molecular weight is 288 g/mol. The third-order valence-corrected chi connectivity index (χ3v) is 4.06. The largest absolute Gasteiger partial charge is 0.342 e. The number of amides is 2. The number of nitrogens with zero attached hydrogens (tertiary/aromatic N) is 1. The molecule has 1 aliphatic heterocycles. The Morgan fingerprint density at radius 3 is 2.48 bits per heavy atom. The zero-order chi connectivity index (χ0) is 15.7. The third-order valence-electron chi connectivity index (χ3n) is 4.06. The standard InChI is InChI=1S/C17H24N2O2/c1-6-13-17(21)19(15(10(2)3)16(20)18-13)14-9-11(4)7-8-12(14)5/h7-10,13,15H,6H2,1-5H3,(H,18,20). The van der Waals surface area contributed by atoms with E-state index in [1.807, 2.05) is 52.8 Å². The van der Waals surface area contributed by atoms with Gasteiger partial charge in [0.05, 0.1) is 0 Å². The SMILES string of the molecule is CCC1NC(=O)C(C(C)C)N(c2cc(C)ccc2C)C1=O. The fourth-order valence-corrected chi connectivity index (χ4v) is 2.87. The molecule has 1 aromatic rings. The molecule has 4 heteroatoms. The van der Waals surface area contributed by atoms with Crippen LogP contribution in [-0.4, -0.2) is 23.9 Å². The van der Waals surface area contributed by atoms with E-state index in [4.69, 9.17) is 0 Å². The predicted octanol–water partition coefficient (Wildman–Crippen LogP) is 2.57. The van der Waals surface area contributed by atoms with Crippen LogP contribution < -0.4 is 10.2 Å². The first kappa shape index (κ1) is 15.5. The van der Waals surface area contributed by atoms with Gasteiger partial charge in [0.2, 0.25) is 11.8 Å². The van der Waals surface area contributed by atoms with E-state index in [1.165, 1.54) is 0 Å². The van der Waals surface area contributed by atoms with Gasteiger partial charge in [0.25, 0.3) is 0 Å². The predicted molar refractivity (Wildman–Crippen MR) is 84.2 cm³/mol. The molecule has 114 valence electrons. The summed E-state index contributed by atoms with van der Waals surface area (Å²) in [6, 6.07) is 5.15. The number of nitrogens with one attached hydrogen (secondary N) is 1. The molecule has 2 unspecified atom stereocenters. The summed E-state index contributed by atoms with van der Waals surface area (Å²) in [5.41, 5.74) is 2.96. The lowest BCUT2D eigenvalue weighted by Crippen LogP contribution is -2.65. The van der Waals surface area contributed by atoms with E-state index in [-0.39, 0.29) is 17.7 Å². The van der Waals surface area contributed by atoms with E-state index in [9.17, 15) is 9.59 Å². The molecule has 1 aromatic carbocycles. The molecule has 0 radical (unpaired) electrons. The number of hydrogen-bond acceptors (Lipinski definition) is 2. The minimum absolute atomic E-state index is 0.00972. The van der Waals surface area contributed by atoms with E-state index in [1.54, 1.807) is 4.90 Å². The Morgan fingerprint density at radius 2 is 1.90 bits per heavy atom. The summed E-state index contributed by atoms with van der Waals surface area (Å²) in [5.74, 6) is -0.00600. The zero-order valence-corrected chi connectivity index (χ0v) is 13.4. The summed E-state index contributed by atoms with van der Waals surface area (Å²) in [4.78, 5) is 26.9. The van der Waals surface area contributed by atoms with Gasteiger partial charge < -0.3 is 5.32 Å². The topological polar surface area (TPSA) is 49.4 Å². The van der Waals surface area contributed by atoms with Crippen molar-refractivity contribution in [3.63, 3.8) is 0 Å². The normalized spacial score (nSPS) is 22.7. The molecule has 1 N–H and O–H groups in total. The number of hydrogen-bond donors (Lipinski definition) is 1. The van der Waals surface area contributed by atoms with Crippen molar-refractivity contribution in [3.8, 4) is 0 Å². The number of benzene rings is 1. The zero-order valence-electron chi connectivity index (χ0n) is 13.4. The highest BCUT2D eigenvalue weighted by atomic mass is 16.2. The number of piperazine rings is 1. The minimum atomic E-state index is -0.444. The highest BCUT2D eigenvalue weighted by Crippen LogP contribution is 2.29. The summed E-state index contributed by atoms with van der Waals surface area (Å²) in [6.45, 7) is 9.84. The summed E-state index contributed by atoms with van der Waals surface area (Å²) < 4.78 is 0. The van der Waals surface area contributed by atoms with E-state index in [2.05, 4.69) is 5.32 Å². The maximum atomic E-state index is 12.8. The molecule has 0 bridgehead atoms. The van der Waals surface area contributed by atoms with Crippen LogP contribution in [-0.2, 0) is 9.59 Å². The molecule has 4 nitrogen and oxygen atoms in total. The molecule has 1 saturated heterocycles. The van der Waals surface area contributed by atoms with Crippen molar-refractivity contribution in [1.82, 2.24) is 5.32 Å². The first-order chi connectivity index (χ1) is 9.86. The molecule has 2 rings (SSSR count). The smallest absolute Gasteiger partial charge is 0.250 e. The monoisotopic (exact) mass is 288 g/mol. The van der Waals surface area contributed by atoms with E-state index in [0.29, 0.717) is 6.42 Å². The van der Waals surface area contributed by atoms with Crippen LogP contribution in [0.1, 0.15) is 38.3 Å². The van der Waals surface area contributed by atoms with Crippen molar-refractivity contribution in [2.45, 2.75) is 53.1 Å². The van der Waals surface area contributed by atoms with Gasteiger partial charge in [-0.3, -0.25) is 14.5 Å². The first-order valence-corrected chi connectivity index (χ1v) is 7.57. The summed E-state index contributed by atoms with van der Waals surface area (Å²) in [7, 11) is 0. The summed E-state index contributed by atoms with van der Waals surface area (Å²) in [6.07, 6.45) is 0.608. The van der Waals surface area contributed by atoms with Crippen LogP contribution in [0.3, 0.4) is 0 Å². The average Bonchev–Trinajstić information content (AvgIpc) is 2.43. The number of anilines is 1. The minimum Gasteiger partial charge on any atom is -0.342 e. The lowest BCUT2D eigenvalue weighted by molar-refractivity contribution is -0.134. The Balaban J connectivity index is 2.55. The van der Waals surface area contributed by atoms with Crippen molar-refractivity contribution in [1.29, 1.82) is 0 Å². The highest BCUT2D eigenvalue weighted by molar-refractivity contribution is 6.08. The molecule has 0 aromatic heterocycles. The fraction of sp³-hybridized carbons (Fsp3) is 0.529. The molecule has 1 fully saturated rings. The van der Waals surface area contributed by atoms with Crippen LogP contribution in [0.4, 0.5) is 5.69 Å². The number of aryl methyl sites for hydroxylation is 2. The van der Waals surface area contributed by atoms with Gasteiger partial charge in [0.1, 0.15) is 12.1 Å². The van der Waals surface area contributed by atoms with Crippen molar-refractivity contribution in [2.75, 3.05) is 4.90 Å². The molecule has 2 amide bonds. The quantitative estimate of drug-likeness (QED) is 0.929. The second kappa shape index (κ2) is 5.88. The summed E-state index contributed by atoms with van der Waals surface area (Å²) in [5, 5.41) is 2.85. The molecular weight excluding hydrogens is 264 g/mol. The molecule has 1 aliphatic rings. The highest BCUT2D eigenvalue weighted by Gasteiger charge is 2.42. The van der Waals surface area contributed by atoms with Gasteiger partial charge in [0, 0.05) is 5.69 Å². The third kappa shape index (κ3) is 2.80. The van der Waals surface area contributed by atoms with Gasteiger partial charge in [0.15, 0.2) is 0 Å². The van der Waals surface area contributed by atoms with E-state index < -0.39 is 12.1 Å². The van der Waals surface area contributed by atoms with Crippen molar-refractivity contribution in [3.05, 3.63) is 29.3 Å². The van der Waals surface area contributed by atoms with Crippen LogP contribution in [0.5, 0.6) is 0 Å². The second-order valence-electron chi connectivity index (χ2n) is 6.16. The van der Waals surface area contributed by atoms with Gasteiger partial charge in [-0.1, -0.05) is 32.9 Å². The van der Waals surface area contributed by atoms with Crippen molar-refractivity contribution < 1.29 is 9.59 Å². The molecule has 0 spiro atoms. The first-order valence-electron chi connectivity index (χ1n) is 7.57. The van der Waals surface area contributed by atoms with Crippen LogP contribution in [0, 0.1) is 19.8 Å². The summed E-state index contributed by atoms with van der Waals surface area (Å²) >= 11 is 0. The maximum absolute atomic E-state index is 12.8. The van der Waals surface area contributed by atoms with Crippen LogP contribution in [0.25, 0.3) is 0 Å². The van der Waals surface area contributed by atoms with E-state index in [0.717, 1.165) is 16.8 Å². The van der Waals surface area contributed by atoms with Gasteiger partial charge in [-0.25, -0.2) is 0 Å². The molecule has 1 heterocycles. The fourth-order valence-electron chi connectivity index (χ4n) is 2.87. The van der Waals surface area contributed by atoms with Gasteiger partial charge >= 0.3 is 0 Å². The second-order valence-corrected chi connectivity index (χ2v) is 6.16. The Labute approximate surface area is 126 Å². The molecule has 0 saturated carbocycles. The molecule has 2 atom stereocenters.